The summed E-state index contributed by atoms with van der Waals surface area (Å²) in [6.07, 6.45) is 8.10. The molecular weight excluding hydrogens is 240 g/mol. The van der Waals surface area contributed by atoms with Crippen LogP contribution >= 0.6 is 0 Å². The molecule has 0 aromatic carbocycles. The molecule has 0 aliphatic heterocycles. The van der Waals surface area contributed by atoms with Crippen LogP contribution in [0.2, 0.25) is 0 Å². The fourth-order valence-electron chi connectivity index (χ4n) is 2.87. The number of allylic oxidation sites excluding steroid dienone is 2. The molecule has 0 N–H and O–H groups in total. The van der Waals surface area contributed by atoms with Gasteiger partial charge in [-0.3, -0.25) is 0 Å². The third-order valence-electron chi connectivity index (χ3n) is 4.10. The van der Waals surface area contributed by atoms with Crippen molar-refractivity contribution in [2.45, 2.75) is 53.4 Å². The number of hydrogen-bond acceptors (Lipinski definition) is 0. The lowest BCUT2D eigenvalue weighted by Gasteiger charge is -2.33. The largest absolute Gasteiger partial charge is 0.107 e. The second-order valence-electron chi connectivity index (χ2n) is 5.59. The van der Waals surface area contributed by atoms with Crippen molar-refractivity contribution in [2.75, 3.05) is 0 Å². The zero-order valence-corrected chi connectivity index (χ0v) is 13.7. The van der Waals surface area contributed by atoms with Gasteiger partial charge in [0.25, 0.3) is 0 Å². The SMILES string of the molecule is C=CCC(C)C(CC#CC)C(CC=C)C(C)CC#CC. The minimum atomic E-state index is 0.580. The molecule has 0 bridgehead atoms. The van der Waals surface area contributed by atoms with Gasteiger partial charge in [-0.2, -0.15) is 0 Å². The number of hydrogen-bond donors (Lipinski definition) is 0. The first-order valence-electron chi connectivity index (χ1n) is 7.63. The van der Waals surface area contributed by atoms with Gasteiger partial charge in [0.1, 0.15) is 0 Å². The van der Waals surface area contributed by atoms with Gasteiger partial charge in [0.05, 0.1) is 0 Å². The molecule has 0 amide bonds. The van der Waals surface area contributed by atoms with Crippen LogP contribution in [0.4, 0.5) is 0 Å². The summed E-state index contributed by atoms with van der Waals surface area (Å²) >= 11 is 0. The van der Waals surface area contributed by atoms with Crippen LogP contribution < -0.4 is 0 Å². The summed E-state index contributed by atoms with van der Waals surface area (Å²) in [5, 5.41) is 0. The van der Waals surface area contributed by atoms with E-state index < -0.39 is 0 Å². The van der Waals surface area contributed by atoms with E-state index in [1.54, 1.807) is 0 Å². The highest BCUT2D eigenvalue weighted by Crippen LogP contribution is 2.36. The number of rotatable bonds is 9. The first-order valence-corrected chi connectivity index (χ1v) is 7.63. The summed E-state index contributed by atoms with van der Waals surface area (Å²) in [6, 6.07) is 0. The van der Waals surface area contributed by atoms with Crippen LogP contribution in [-0.4, -0.2) is 0 Å². The van der Waals surface area contributed by atoms with E-state index in [2.05, 4.69) is 50.7 Å². The van der Waals surface area contributed by atoms with Crippen molar-refractivity contribution in [2.24, 2.45) is 23.7 Å². The highest BCUT2D eigenvalue weighted by molar-refractivity contribution is 5.02. The predicted molar refractivity (Wildman–Crippen MR) is 91.1 cm³/mol. The van der Waals surface area contributed by atoms with Gasteiger partial charge in [0, 0.05) is 12.8 Å². The fourth-order valence-corrected chi connectivity index (χ4v) is 2.87. The lowest BCUT2D eigenvalue weighted by atomic mass is 9.71. The van der Waals surface area contributed by atoms with Gasteiger partial charge in [0.15, 0.2) is 0 Å². The highest BCUT2D eigenvalue weighted by atomic mass is 14.3. The summed E-state index contributed by atoms with van der Waals surface area (Å²) in [5.74, 6) is 14.9. The van der Waals surface area contributed by atoms with E-state index in [-0.39, 0.29) is 0 Å². The van der Waals surface area contributed by atoms with Crippen LogP contribution in [0.25, 0.3) is 0 Å². The van der Waals surface area contributed by atoms with Gasteiger partial charge in [-0.25, -0.2) is 0 Å². The van der Waals surface area contributed by atoms with Gasteiger partial charge in [-0.1, -0.05) is 26.0 Å². The van der Waals surface area contributed by atoms with Crippen molar-refractivity contribution in [1.82, 2.24) is 0 Å². The average Bonchev–Trinajstić information content (AvgIpc) is 2.44. The Balaban J connectivity index is 5.12. The Labute approximate surface area is 126 Å². The van der Waals surface area contributed by atoms with Crippen molar-refractivity contribution < 1.29 is 0 Å². The zero-order valence-electron chi connectivity index (χ0n) is 13.7. The van der Waals surface area contributed by atoms with E-state index in [1.165, 1.54) is 0 Å². The quantitative estimate of drug-likeness (QED) is 0.385. The summed E-state index contributed by atoms with van der Waals surface area (Å²) in [6.45, 7) is 16.3. The third kappa shape index (κ3) is 6.68. The Morgan fingerprint density at radius 2 is 1.35 bits per heavy atom. The van der Waals surface area contributed by atoms with E-state index in [9.17, 15) is 0 Å². The van der Waals surface area contributed by atoms with Crippen LogP contribution in [0.15, 0.2) is 25.3 Å². The maximum atomic E-state index is 3.94. The maximum Gasteiger partial charge on any atom is 0.0122 e. The van der Waals surface area contributed by atoms with Crippen LogP contribution in [0.5, 0.6) is 0 Å². The lowest BCUT2D eigenvalue weighted by Crippen LogP contribution is -2.26. The maximum absolute atomic E-state index is 3.94. The summed E-state index contributed by atoms with van der Waals surface area (Å²) in [5.41, 5.74) is 0. The van der Waals surface area contributed by atoms with Gasteiger partial charge in [-0.05, 0) is 50.4 Å². The molecule has 0 heterocycles. The molecule has 0 radical (unpaired) electrons. The van der Waals surface area contributed by atoms with E-state index in [4.69, 9.17) is 0 Å². The molecule has 0 aromatic rings. The van der Waals surface area contributed by atoms with Crippen LogP contribution in [0.3, 0.4) is 0 Å². The summed E-state index contributed by atoms with van der Waals surface area (Å²) < 4.78 is 0. The molecule has 0 aromatic heterocycles. The van der Waals surface area contributed by atoms with E-state index >= 15 is 0 Å². The molecule has 4 unspecified atom stereocenters. The van der Waals surface area contributed by atoms with Gasteiger partial charge in [-0.15, -0.1) is 36.8 Å². The minimum Gasteiger partial charge on any atom is -0.107 e. The standard InChI is InChI=1S/C20H30/c1-7-11-15-18(6)19(14-10-4)20(16-12-8-2)17(5)13-9-3/h9-10,17-20H,3-4,13-16H2,1-2,5-6H3. The van der Waals surface area contributed by atoms with Crippen molar-refractivity contribution >= 4 is 0 Å². The molecule has 0 rings (SSSR count). The molecule has 4 atom stereocenters. The monoisotopic (exact) mass is 270 g/mol. The normalized spacial score (nSPS) is 15.6. The Morgan fingerprint density at radius 1 is 0.800 bits per heavy atom. The first-order chi connectivity index (χ1) is 9.62. The molecule has 110 valence electrons. The van der Waals surface area contributed by atoms with E-state index in [0.29, 0.717) is 23.7 Å². The Bertz CT molecular complexity index is 393. The lowest BCUT2D eigenvalue weighted by molar-refractivity contribution is 0.185. The average molecular weight is 270 g/mol. The predicted octanol–water partition coefficient (Wildman–Crippen LogP) is 5.47. The topological polar surface area (TPSA) is 0 Å². The molecule has 0 saturated heterocycles. The Kier molecular flexibility index (Phi) is 10.6. The third-order valence-corrected chi connectivity index (χ3v) is 4.10. The molecule has 0 aliphatic rings. The second-order valence-corrected chi connectivity index (χ2v) is 5.59. The highest BCUT2D eigenvalue weighted by Gasteiger charge is 2.28. The van der Waals surface area contributed by atoms with Gasteiger partial charge < -0.3 is 0 Å². The first kappa shape index (κ1) is 18.6. The van der Waals surface area contributed by atoms with Crippen molar-refractivity contribution in [3.8, 4) is 23.7 Å². The molecule has 0 spiro atoms. The van der Waals surface area contributed by atoms with E-state index in [1.807, 2.05) is 26.0 Å². The van der Waals surface area contributed by atoms with Crippen molar-refractivity contribution in [3.63, 3.8) is 0 Å². The summed E-state index contributed by atoms with van der Waals surface area (Å²) in [7, 11) is 0. The van der Waals surface area contributed by atoms with Crippen LogP contribution in [-0.2, 0) is 0 Å². The molecule has 20 heavy (non-hydrogen) atoms. The molecule has 0 aliphatic carbocycles. The fraction of sp³-hybridized carbons (Fsp3) is 0.600. The van der Waals surface area contributed by atoms with Crippen LogP contribution in [0, 0.1) is 47.4 Å². The zero-order chi connectivity index (χ0) is 15.4. The summed E-state index contributed by atoms with van der Waals surface area (Å²) in [4.78, 5) is 0. The van der Waals surface area contributed by atoms with E-state index in [0.717, 1.165) is 25.7 Å². The Hall–Kier alpha value is -1.40. The molecular formula is C20H30. The smallest absolute Gasteiger partial charge is 0.0122 e. The molecule has 0 nitrogen and oxygen atoms in total. The molecule has 0 heteroatoms. The Morgan fingerprint density at radius 3 is 1.85 bits per heavy atom. The van der Waals surface area contributed by atoms with Crippen molar-refractivity contribution in [1.29, 1.82) is 0 Å². The van der Waals surface area contributed by atoms with Gasteiger partial charge in [0.2, 0.25) is 0 Å². The van der Waals surface area contributed by atoms with Gasteiger partial charge >= 0.3 is 0 Å². The second kappa shape index (κ2) is 11.4. The van der Waals surface area contributed by atoms with Crippen LogP contribution in [0.1, 0.15) is 53.4 Å². The minimum absolute atomic E-state index is 0.580. The van der Waals surface area contributed by atoms with Crippen molar-refractivity contribution in [3.05, 3.63) is 25.3 Å². The molecule has 0 saturated carbocycles. The molecule has 0 fully saturated rings.